The Bertz CT molecular complexity index is 189. The van der Waals surface area contributed by atoms with E-state index in [9.17, 15) is 0 Å². The molecule has 125 valence electrons. The van der Waals surface area contributed by atoms with Crippen molar-refractivity contribution in [3.63, 3.8) is 0 Å². The van der Waals surface area contributed by atoms with E-state index in [1.807, 2.05) is 27.7 Å². The maximum Gasteiger partial charge on any atom is 0 e. The summed E-state index contributed by atoms with van der Waals surface area (Å²) in [6.45, 7) is 24.3. The third-order valence-electron chi connectivity index (χ3n) is 3.80. The predicted octanol–water partition coefficient (Wildman–Crippen LogP) is 6.53. The average molecular weight is 457 g/mol. The molecule has 1 heterocycles. The van der Waals surface area contributed by atoms with Gasteiger partial charge in [-0.05, 0) is 24.7 Å². The Morgan fingerprint density at radius 3 is 1.20 bits per heavy atom. The molecule has 0 spiro atoms. The fourth-order valence-electron chi connectivity index (χ4n) is 2.94. The minimum atomic E-state index is 0. The molecule has 0 aromatic rings. The summed E-state index contributed by atoms with van der Waals surface area (Å²) in [5.74, 6) is 1.65. The third kappa shape index (κ3) is 11.3. The van der Waals surface area contributed by atoms with Crippen molar-refractivity contribution in [1.82, 2.24) is 0 Å². The second-order valence-corrected chi connectivity index (χ2v) is 7.23. The van der Waals surface area contributed by atoms with Crippen molar-refractivity contribution in [2.24, 2.45) is 22.7 Å². The molecule has 1 aliphatic rings. The van der Waals surface area contributed by atoms with E-state index in [1.165, 1.54) is 12.8 Å². The van der Waals surface area contributed by atoms with Gasteiger partial charge in [-0.1, -0.05) is 80.1 Å². The second kappa shape index (κ2) is 12.2. The molecule has 20 heavy (non-hydrogen) atoms. The van der Waals surface area contributed by atoms with Gasteiger partial charge in [-0.2, -0.15) is 0 Å². The summed E-state index contributed by atoms with van der Waals surface area (Å²) in [4.78, 5) is 0. The summed E-state index contributed by atoms with van der Waals surface area (Å²) in [6, 6.07) is 0. The first kappa shape index (κ1) is 25.6. The molecule has 0 bridgehead atoms. The maximum absolute atomic E-state index is 4.77. The summed E-state index contributed by atoms with van der Waals surface area (Å²) >= 11 is 0. The first-order chi connectivity index (χ1) is 8.72. The Balaban J connectivity index is -0.000000529. The Morgan fingerprint density at radius 2 is 0.950 bits per heavy atom. The molecule has 0 N–H and O–H groups in total. The van der Waals surface area contributed by atoms with Gasteiger partial charge in [0, 0.05) is 20.4 Å². The molecule has 1 nitrogen and oxygen atoms in total. The summed E-state index contributed by atoms with van der Waals surface area (Å²) < 4.78 is 0. The Labute approximate surface area is 143 Å². The van der Waals surface area contributed by atoms with Crippen molar-refractivity contribution in [2.75, 3.05) is 13.1 Å². The minimum absolute atomic E-state index is 0. The Hall–Kier alpha value is 0.622. The Kier molecular flexibility index (Phi) is 15.6. The molecule has 0 saturated carbocycles. The SMILES string of the molecule is CC.CC.CC1CC(C)(C)C[N-]CC(C)(C)CC1C.[Re]. The van der Waals surface area contributed by atoms with Crippen LogP contribution in [0, 0.1) is 22.7 Å². The van der Waals surface area contributed by atoms with Crippen molar-refractivity contribution in [3.8, 4) is 0 Å². The van der Waals surface area contributed by atoms with E-state index in [0.29, 0.717) is 10.8 Å². The van der Waals surface area contributed by atoms with Gasteiger partial charge in [0.2, 0.25) is 0 Å². The molecule has 2 unspecified atom stereocenters. The maximum atomic E-state index is 4.77. The topological polar surface area (TPSA) is 14.1 Å². The molecule has 1 radical (unpaired) electrons. The van der Waals surface area contributed by atoms with E-state index in [4.69, 9.17) is 5.32 Å². The van der Waals surface area contributed by atoms with Crippen LogP contribution in [0.2, 0.25) is 0 Å². The van der Waals surface area contributed by atoms with Crippen molar-refractivity contribution in [2.45, 2.75) is 82.1 Å². The van der Waals surface area contributed by atoms with E-state index in [-0.39, 0.29) is 20.4 Å². The van der Waals surface area contributed by atoms with E-state index in [2.05, 4.69) is 41.5 Å². The fraction of sp³-hybridized carbons (Fsp3) is 1.00. The molecular weight excluding hydrogens is 416 g/mol. The number of rotatable bonds is 0. The van der Waals surface area contributed by atoms with Gasteiger partial charge in [0.15, 0.2) is 0 Å². The van der Waals surface area contributed by atoms with Gasteiger partial charge in [-0.15, -0.1) is 13.1 Å². The first-order valence-electron chi connectivity index (χ1n) is 8.35. The van der Waals surface area contributed by atoms with Crippen LogP contribution in [-0.4, -0.2) is 13.1 Å². The van der Waals surface area contributed by atoms with Gasteiger partial charge in [0.25, 0.3) is 0 Å². The fourth-order valence-corrected chi connectivity index (χ4v) is 2.94. The molecule has 1 fully saturated rings. The second-order valence-electron chi connectivity index (χ2n) is 7.23. The van der Waals surface area contributed by atoms with Crippen LogP contribution in [0.25, 0.3) is 5.32 Å². The zero-order chi connectivity index (χ0) is 15.7. The molecule has 2 atom stereocenters. The zero-order valence-electron chi connectivity index (χ0n) is 15.8. The largest absolute Gasteiger partial charge is 0.661 e. The van der Waals surface area contributed by atoms with Gasteiger partial charge >= 0.3 is 0 Å². The normalized spacial score (nSPS) is 27.9. The van der Waals surface area contributed by atoms with E-state index >= 15 is 0 Å². The molecule has 1 aliphatic heterocycles. The van der Waals surface area contributed by atoms with Gasteiger partial charge < -0.3 is 5.32 Å². The zero-order valence-corrected chi connectivity index (χ0v) is 18.5. The molecular formula is C18H40NRe-. The van der Waals surface area contributed by atoms with Crippen LogP contribution < -0.4 is 0 Å². The molecule has 0 aromatic carbocycles. The van der Waals surface area contributed by atoms with Crippen molar-refractivity contribution in [3.05, 3.63) is 5.32 Å². The molecule has 1 rings (SSSR count). The van der Waals surface area contributed by atoms with E-state index in [0.717, 1.165) is 24.9 Å². The number of hydrogen-bond acceptors (Lipinski definition) is 0. The van der Waals surface area contributed by atoms with Gasteiger partial charge in [0.1, 0.15) is 0 Å². The summed E-state index contributed by atoms with van der Waals surface area (Å²) in [6.07, 6.45) is 2.63. The third-order valence-corrected chi connectivity index (χ3v) is 3.80. The quantitative estimate of drug-likeness (QED) is 0.393. The smallest absolute Gasteiger partial charge is 0 e. The van der Waals surface area contributed by atoms with Crippen LogP contribution in [0.3, 0.4) is 0 Å². The first-order valence-corrected chi connectivity index (χ1v) is 8.35. The van der Waals surface area contributed by atoms with Crippen LogP contribution in [0.5, 0.6) is 0 Å². The Morgan fingerprint density at radius 1 is 0.700 bits per heavy atom. The predicted molar refractivity (Wildman–Crippen MR) is 90.9 cm³/mol. The minimum Gasteiger partial charge on any atom is -0.661 e. The van der Waals surface area contributed by atoms with Crippen LogP contribution in [0.1, 0.15) is 82.1 Å². The van der Waals surface area contributed by atoms with Gasteiger partial charge in [-0.3, -0.25) is 0 Å². The standard InChI is InChI=1S/C14H28N.2C2H6.Re/c1-11-7-13(3,4)9-15-10-14(5,6)8-12(11)2;2*1-2;/h11-12H,7-10H2,1-6H3;2*1-2H3;/q-1;;;. The molecule has 0 aromatic heterocycles. The summed E-state index contributed by atoms with van der Waals surface area (Å²) in [5.41, 5.74) is 0.794. The monoisotopic (exact) mass is 457 g/mol. The van der Waals surface area contributed by atoms with Crippen molar-refractivity contribution >= 4 is 0 Å². The number of hydrogen-bond donors (Lipinski definition) is 0. The van der Waals surface area contributed by atoms with E-state index in [1.54, 1.807) is 0 Å². The average Bonchev–Trinajstić information content (AvgIpc) is 2.34. The van der Waals surface area contributed by atoms with Crippen LogP contribution >= 0.6 is 0 Å². The van der Waals surface area contributed by atoms with Crippen molar-refractivity contribution < 1.29 is 20.4 Å². The van der Waals surface area contributed by atoms with Crippen LogP contribution in [-0.2, 0) is 20.4 Å². The van der Waals surface area contributed by atoms with Gasteiger partial charge in [-0.25, -0.2) is 0 Å². The van der Waals surface area contributed by atoms with E-state index < -0.39 is 0 Å². The van der Waals surface area contributed by atoms with Crippen LogP contribution in [0.4, 0.5) is 0 Å². The molecule has 0 amide bonds. The molecule has 0 aliphatic carbocycles. The van der Waals surface area contributed by atoms with Crippen molar-refractivity contribution in [1.29, 1.82) is 0 Å². The molecule has 2 heteroatoms. The van der Waals surface area contributed by atoms with Crippen LogP contribution in [0.15, 0.2) is 0 Å². The molecule has 1 saturated heterocycles. The summed E-state index contributed by atoms with van der Waals surface area (Å²) in [7, 11) is 0. The number of nitrogens with zero attached hydrogens (tertiary/aromatic N) is 1. The summed E-state index contributed by atoms with van der Waals surface area (Å²) in [5, 5.41) is 4.77. The van der Waals surface area contributed by atoms with Gasteiger partial charge in [0.05, 0.1) is 0 Å².